The minimum atomic E-state index is -0.469. The Morgan fingerprint density at radius 1 is 1.02 bits per heavy atom. The number of aryl methyl sites for hydroxylation is 2. The van der Waals surface area contributed by atoms with Crippen molar-refractivity contribution < 1.29 is 14.3 Å². The van der Waals surface area contributed by atoms with Crippen LogP contribution < -0.4 is 10.1 Å². The van der Waals surface area contributed by atoms with E-state index in [1.165, 1.54) is 0 Å². The van der Waals surface area contributed by atoms with Crippen molar-refractivity contribution in [1.29, 1.82) is 0 Å². The van der Waals surface area contributed by atoms with Crippen LogP contribution in [-0.4, -0.2) is 29.9 Å². The second-order valence-corrected chi connectivity index (χ2v) is 12.2. The lowest BCUT2D eigenvalue weighted by molar-refractivity contribution is -0.123. The second kappa shape index (κ2) is 12.5. The summed E-state index contributed by atoms with van der Waals surface area (Å²) in [4.78, 5) is 29.9. The van der Waals surface area contributed by atoms with E-state index < -0.39 is 12.0 Å². The maximum Gasteiger partial charge on any atom is 0.254 e. The van der Waals surface area contributed by atoms with Crippen LogP contribution in [0.5, 0.6) is 5.75 Å². The number of hydrogen-bond donors (Lipinski definition) is 1. The third-order valence-corrected chi connectivity index (χ3v) is 7.97. The van der Waals surface area contributed by atoms with E-state index in [1.807, 2.05) is 80.3 Å². The summed E-state index contributed by atoms with van der Waals surface area (Å²) in [6.07, 6.45) is 2.27. The summed E-state index contributed by atoms with van der Waals surface area (Å²) in [5, 5.41) is 3.64. The Kier molecular flexibility index (Phi) is 9.25. The Morgan fingerprint density at radius 2 is 1.73 bits per heavy atom. The van der Waals surface area contributed by atoms with E-state index >= 15 is 0 Å². The van der Waals surface area contributed by atoms with Crippen LogP contribution in [0, 0.1) is 19.8 Å². The van der Waals surface area contributed by atoms with Crippen LogP contribution in [0.4, 0.5) is 5.69 Å². The predicted octanol–water partition coefficient (Wildman–Crippen LogP) is 8.28. The van der Waals surface area contributed by atoms with E-state index in [2.05, 4.69) is 32.2 Å². The van der Waals surface area contributed by atoms with Crippen LogP contribution >= 0.6 is 11.6 Å². The monoisotopic (exact) mass is 560 g/mol. The Bertz CT molecular complexity index is 1360. The molecule has 6 heteroatoms. The molecule has 0 saturated carbocycles. The Labute approximate surface area is 243 Å². The molecule has 2 atom stereocenters. The van der Waals surface area contributed by atoms with Crippen LogP contribution in [-0.2, 0) is 10.2 Å². The van der Waals surface area contributed by atoms with Crippen molar-refractivity contribution in [3.05, 3.63) is 93.5 Å². The van der Waals surface area contributed by atoms with Gasteiger partial charge in [-0.3, -0.25) is 9.59 Å². The fourth-order valence-electron chi connectivity index (χ4n) is 5.53. The van der Waals surface area contributed by atoms with Crippen molar-refractivity contribution in [2.75, 3.05) is 18.5 Å². The van der Waals surface area contributed by atoms with Gasteiger partial charge in [-0.05, 0) is 85.0 Å². The summed E-state index contributed by atoms with van der Waals surface area (Å²) in [7, 11) is 0. The zero-order valence-corrected chi connectivity index (χ0v) is 25.3. The number of amides is 2. The van der Waals surface area contributed by atoms with E-state index in [-0.39, 0.29) is 17.2 Å². The number of benzene rings is 3. The van der Waals surface area contributed by atoms with Crippen molar-refractivity contribution >= 4 is 29.1 Å². The molecule has 1 aliphatic heterocycles. The van der Waals surface area contributed by atoms with E-state index in [1.54, 1.807) is 0 Å². The number of nitrogens with zero attached hydrogens (tertiary/aromatic N) is 1. The lowest BCUT2D eigenvalue weighted by Gasteiger charge is -2.41. The molecule has 3 aromatic carbocycles. The zero-order chi connectivity index (χ0) is 29.0. The molecule has 1 saturated heterocycles. The molecule has 0 bridgehead atoms. The molecule has 1 aliphatic rings. The lowest BCUT2D eigenvalue weighted by Crippen LogP contribution is -2.46. The predicted molar refractivity (Wildman–Crippen MR) is 163 cm³/mol. The molecule has 40 heavy (non-hydrogen) atoms. The Morgan fingerprint density at radius 3 is 2.38 bits per heavy atom. The van der Waals surface area contributed by atoms with Crippen LogP contribution in [0.25, 0.3) is 0 Å². The molecule has 0 spiro atoms. The first kappa shape index (κ1) is 29.7. The van der Waals surface area contributed by atoms with Gasteiger partial charge in [0.25, 0.3) is 5.91 Å². The quantitative estimate of drug-likeness (QED) is 0.316. The molecule has 0 aromatic heterocycles. The highest BCUT2D eigenvalue weighted by Gasteiger charge is 2.40. The molecular weight excluding hydrogens is 520 g/mol. The number of nitrogens with one attached hydrogen (secondary N) is 1. The highest BCUT2D eigenvalue weighted by Crippen LogP contribution is 2.41. The van der Waals surface area contributed by atoms with Crippen molar-refractivity contribution in [2.45, 2.75) is 72.3 Å². The minimum absolute atomic E-state index is 0.0406. The first-order valence-electron chi connectivity index (χ1n) is 14.2. The summed E-state index contributed by atoms with van der Waals surface area (Å²) in [5.74, 6) is 0.00208. The minimum Gasteiger partial charge on any atom is -0.492 e. The third kappa shape index (κ3) is 6.52. The SMILES string of the molecule is CCCOc1ccc(C2C(C(=O)Nc3cccc(C(C)(C)C)c3)CCCN2C(=O)c2c(C)cccc2C)cc1Cl. The van der Waals surface area contributed by atoms with Crippen molar-refractivity contribution in [3.8, 4) is 5.75 Å². The molecule has 4 rings (SSSR count). The molecule has 2 unspecified atom stereocenters. The van der Waals surface area contributed by atoms with E-state index in [0.717, 1.165) is 40.8 Å². The average Bonchev–Trinajstić information content (AvgIpc) is 2.91. The van der Waals surface area contributed by atoms with Crippen molar-refractivity contribution in [2.24, 2.45) is 5.92 Å². The fourth-order valence-corrected chi connectivity index (χ4v) is 5.78. The molecule has 1 fully saturated rings. The fraction of sp³-hybridized carbons (Fsp3) is 0.412. The van der Waals surface area contributed by atoms with Crippen LogP contribution in [0.15, 0.2) is 60.7 Å². The number of carbonyl (C=O) groups excluding carboxylic acids is 2. The molecule has 1 heterocycles. The van der Waals surface area contributed by atoms with Gasteiger partial charge in [-0.25, -0.2) is 0 Å². The Hall–Kier alpha value is -3.31. The van der Waals surface area contributed by atoms with Gasteiger partial charge in [0.2, 0.25) is 5.91 Å². The highest BCUT2D eigenvalue weighted by molar-refractivity contribution is 6.32. The normalized spacial score (nSPS) is 17.4. The second-order valence-electron chi connectivity index (χ2n) is 11.8. The maximum absolute atomic E-state index is 14.1. The van der Waals surface area contributed by atoms with E-state index in [4.69, 9.17) is 16.3 Å². The molecule has 212 valence electrons. The summed E-state index contributed by atoms with van der Waals surface area (Å²) in [5.41, 5.74) is 5.24. The number of halogens is 1. The number of ether oxygens (including phenoxy) is 1. The van der Waals surface area contributed by atoms with Gasteiger partial charge in [0, 0.05) is 17.8 Å². The standard InChI is InChI=1S/C34H41ClN2O3/c1-7-19-40-29-17-16-24(20-28(29)35)31-27(32(38)36-26-14-9-13-25(21-26)34(4,5)6)15-10-18-37(31)33(39)30-22(2)11-8-12-23(30)3/h8-9,11-14,16-17,20-21,27,31H,7,10,15,18-19H2,1-6H3,(H,36,38). The van der Waals surface area contributed by atoms with E-state index in [0.29, 0.717) is 35.9 Å². The van der Waals surface area contributed by atoms with Gasteiger partial charge in [0.1, 0.15) is 5.75 Å². The smallest absolute Gasteiger partial charge is 0.254 e. The van der Waals surface area contributed by atoms with Gasteiger partial charge >= 0.3 is 0 Å². The number of hydrogen-bond acceptors (Lipinski definition) is 3. The van der Waals surface area contributed by atoms with Gasteiger partial charge in [0.05, 0.1) is 23.6 Å². The molecule has 0 radical (unpaired) electrons. The number of piperidine rings is 1. The topological polar surface area (TPSA) is 58.6 Å². The van der Waals surface area contributed by atoms with Gasteiger partial charge in [-0.2, -0.15) is 0 Å². The Balaban J connectivity index is 1.73. The first-order chi connectivity index (χ1) is 19.0. The summed E-state index contributed by atoms with van der Waals surface area (Å²) in [6, 6.07) is 19.1. The van der Waals surface area contributed by atoms with Gasteiger partial charge in [0.15, 0.2) is 0 Å². The largest absolute Gasteiger partial charge is 0.492 e. The zero-order valence-electron chi connectivity index (χ0n) is 24.5. The van der Waals surface area contributed by atoms with Gasteiger partial charge < -0.3 is 15.0 Å². The van der Waals surface area contributed by atoms with Crippen molar-refractivity contribution in [3.63, 3.8) is 0 Å². The molecule has 5 nitrogen and oxygen atoms in total. The lowest BCUT2D eigenvalue weighted by atomic mass is 9.83. The van der Waals surface area contributed by atoms with E-state index in [9.17, 15) is 9.59 Å². The number of carbonyl (C=O) groups is 2. The number of anilines is 1. The summed E-state index contributed by atoms with van der Waals surface area (Å²) in [6.45, 7) is 13.6. The number of rotatable bonds is 7. The van der Waals surface area contributed by atoms with Crippen LogP contribution in [0.1, 0.15) is 85.6 Å². The summed E-state index contributed by atoms with van der Waals surface area (Å²) >= 11 is 6.67. The van der Waals surface area contributed by atoms with Gasteiger partial charge in [-0.15, -0.1) is 0 Å². The van der Waals surface area contributed by atoms with Crippen LogP contribution in [0.2, 0.25) is 5.02 Å². The van der Waals surface area contributed by atoms with Crippen LogP contribution in [0.3, 0.4) is 0 Å². The molecule has 1 N–H and O–H groups in total. The average molecular weight is 561 g/mol. The molecule has 0 aliphatic carbocycles. The third-order valence-electron chi connectivity index (χ3n) is 7.68. The molecule has 2 amide bonds. The first-order valence-corrected chi connectivity index (χ1v) is 14.6. The summed E-state index contributed by atoms with van der Waals surface area (Å²) < 4.78 is 5.80. The maximum atomic E-state index is 14.1. The van der Waals surface area contributed by atoms with Crippen molar-refractivity contribution in [1.82, 2.24) is 4.90 Å². The highest BCUT2D eigenvalue weighted by atomic mass is 35.5. The molecular formula is C34H41ClN2O3. The van der Waals surface area contributed by atoms with Gasteiger partial charge in [-0.1, -0.05) is 75.7 Å². The number of likely N-dealkylation sites (tertiary alicyclic amines) is 1. The molecule has 3 aromatic rings.